The van der Waals surface area contributed by atoms with Crippen molar-refractivity contribution in [1.82, 2.24) is 15.2 Å². The summed E-state index contributed by atoms with van der Waals surface area (Å²) in [6.07, 6.45) is 0. The van der Waals surface area contributed by atoms with Crippen LogP contribution in [0.4, 0.5) is 0 Å². The Labute approximate surface area is 119 Å². The molecule has 2 heterocycles. The van der Waals surface area contributed by atoms with Crippen LogP contribution in [0.1, 0.15) is 5.56 Å². The smallest absolute Gasteiger partial charge is 0.284 e. The summed E-state index contributed by atoms with van der Waals surface area (Å²) < 4.78 is 5.14. The topological polar surface area (TPSA) is 74.7 Å². The number of aromatic amines is 2. The summed E-state index contributed by atoms with van der Waals surface area (Å²) in [5.41, 5.74) is 2.93. The summed E-state index contributed by atoms with van der Waals surface area (Å²) in [5, 5.41) is 6.34. The molecular weight excluding hydrogens is 274 g/mol. The van der Waals surface area contributed by atoms with E-state index < -0.39 is 0 Å². The quantitative estimate of drug-likeness (QED) is 0.710. The van der Waals surface area contributed by atoms with E-state index in [1.54, 1.807) is 6.07 Å². The first kappa shape index (κ1) is 12.6. The van der Waals surface area contributed by atoms with Crippen molar-refractivity contribution in [3.63, 3.8) is 0 Å². The average molecular weight is 285 g/mol. The lowest BCUT2D eigenvalue weighted by molar-refractivity contribution is 0.551. The SMILES string of the molecule is Cc1ccc(-c2ccc(-c3n[nH]c(=S)o3)c(=O)[nH]2)cc1. The van der Waals surface area contributed by atoms with Gasteiger partial charge in [-0.2, -0.15) is 0 Å². The first-order chi connectivity index (χ1) is 9.63. The molecule has 2 N–H and O–H groups in total. The molecule has 2 aromatic heterocycles. The van der Waals surface area contributed by atoms with Crippen LogP contribution in [0.5, 0.6) is 0 Å². The maximum absolute atomic E-state index is 12.1. The molecule has 0 aliphatic carbocycles. The van der Waals surface area contributed by atoms with E-state index in [1.807, 2.05) is 37.3 Å². The van der Waals surface area contributed by atoms with Gasteiger partial charge in [0.1, 0.15) is 5.56 Å². The molecule has 0 spiro atoms. The van der Waals surface area contributed by atoms with Crippen molar-refractivity contribution in [2.24, 2.45) is 0 Å². The van der Waals surface area contributed by atoms with Crippen LogP contribution in [0.2, 0.25) is 0 Å². The molecule has 20 heavy (non-hydrogen) atoms. The number of aryl methyl sites for hydroxylation is 1. The zero-order valence-corrected chi connectivity index (χ0v) is 11.5. The molecule has 100 valence electrons. The number of hydrogen-bond donors (Lipinski definition) is 2. The Kier molecular flexibility index (Phi) is 3.08. The molecular formula is C14H11N3O2S. The third-order valence-corrected chi connectivity index (χ3v) is 3.12. The van der Waals surface area contributed by atoms with E-state index >= 15 is 0 Å². The van der Waals surface area contributed by atoms with E-state index in [-0.39, 0.29) is 16.3 Å². The summed E-state index contributed by atoms with van der Waals surface area (Å²) in [5.74, 6) is 0.187. The molecule has 0 amide bonds. The van der Waals surface area contributed by atoms with Gasteiger partial charge in [0, 0.05) is 5.69 Å². The van der Waals surface area contributed by atoms with Gasteiger partial charge in [0.05, 0.1) is 0 Å². The van der Waals surface area contributed by atoms with E-state index in [4.69, 9.17) is 16.6 Å². The molecule has 1 aromatic carbocycles. The average Bonchev–Trinajstić information content (AvgIpc) is 2.86. The van der Waals surface area contributed by atoms with Crippen LogP contribution < -0.4 is 5.56 Å². The van der Waals surface area contributed by atoms with E-state index in [2.05, 4.69) is 15.2 Å². The number of nitrogens with zero attached hydrogens (tertiary/aromatic N) is 1. The first-order valence-electron chi connectivity index (χ1n) is 6.00. The summed E-state index contributed by atoms with van der Waals surface area (Å²) >= 11 is 4.79. The Morgan fingerprint density at radius 1 is 1.15 bits per heavy atom. The Balaban J connectivity index is 2.05. The summed E-state index contributed by atoms with van der Waals surface area (Å²) in [6.45, 7) is 2.01. The molecule has 0 saturated carbocycles. The molecule has 0 aliphatic heterocycles. The zero-order valence-electron chi connectivity index (χ0n) is 10.6. The van der Waals surface area contributed by atoms with Gasteiger partial charge in [-0.3, -0.25) is 4.79 Å². The lowest BCUT2D eigenvalue weighted by Crippen LogP contribution is -2.09. The summed E-state index contributed by atoms with van der Waals surface area (Å²) in [6, 6.07) is 11.4. The molecule has 0 radical (unpaired) electrons. The van der Waals surface area contributed by atoms with E-state index in [1.165, 1.54) is 5.56 Å². The number of benzene rings is 1. The van der Waals surface area contributed by atoms with Crippen molar-refractivity contribution in [2.75, 3.05) is 0 Å². The molecule has 3 aromatic rings. The van der Waals surface area contributed by atoms with Gasteiger partial charge >= 0.3 is 0 Å². The number of hydrogen-bond acceptors (Lipinski definition) is 4. The fraction of sp³-hybridized carbons (Fsp3) is 0.0714. The first-order valence-corrected chi connectivity index (χ1v) is 6.40. The molecule has 0 aliphatic rings. The predicted molar refractivity (Wildman–Crippen MR) is 77.9 cm³/mol. The Morgan fingerprint density at radius 2 is 1.90 bits per heavy atom. The van der Waals surface area contributed by atoms with Crippen molar-refractivity contribution in [2.45, 2.75) is 6.92 Å². The second kappa shape index (κ2) is 4.90. The maximum atomic E-state index is 12.1. The van der Waals surface area contributed by atoms with Crippen LogP contribution in [-0.4, -0.2) is 15.2 Å². The monoisotopic (exact) mass is 285 g/mol. The molecule has 0 unspecified atom stereocenters. The highest BCUT2D eigenvalue weighted by molar-refractivity contribution is 7.71. The summed E-state index contributed by atoms with van der Waals surface area (Å²) in [4.78, 5) is 15.0. The van der Waals surface area contributed by atoms with Crippen LogP contribution >= 0.6 is 12.2 Å². The van der Waals surface area contributed by atoms with Crippen molar-refractivity contribution in [3.8, 4) is 22.7 Å². The highest BCUT2D eigenvalue weighted by Gasteiger charge is 2.10. The minimum Gasteiger partial charge on any atom is -0.409 e. The Hall–Kier alpha value is -2.47. The van der Waals surface area contributed by atoms with Crippen LogP contribution in [0.25, 0.3) is 22.7 Å². The van der Waals surface area contributed by atoms with E-state index in [0.717, 1.165) is 11.3 Å². The molecule has 6 heteroatoms. The second-order valence-electron chi connectivity index (χ2n) is 4.40. The third-order valence-electron chi connectivity index (χ3n) is 2.94. The molecule has 0 atom stereocenters. The second-order valence-corrected chi connectivity index (χ2v) is 4.77. The Morgan fingerprint density at radius 3 is 2.50 bits per heavy atom. The van der Waals surface area contributed by atoms with Crippen molar-refractivity contribution in [1.29, 1.82) is 0 Å². The van der Waals surface area contributed by atoms with Crippen LogP contribution in [0.3, 0.4) is 0 Å². The van der Waals surface area contributed by atoms with Gasteiger partial charge in [-0.25, -0.2) is 5.10 Å². The molecule has 0 saturated heterocycles. The Bertz CT molecular complexity index is 859. The summed E-state index contributed by atoms with van der Waals surface area (Å²) in [7, 11) is 0. The number of pyridine rings is 1. The van der Waals surface area contributed by atoms with E-state index in [9.17, 15) is 4.79 Å². The van der Waals surface area contributed by atoms with Gasteiger partial charge in [-0.1, -0.05) is 29.8 Å². The van der Waals surface area contributed by atoms with Gasteiger partial charge in [0.25, 0.3) is 16.3 Å². The van der Waals surface area contributed by atoms with E-state index in [0.29, 0.717) is 5.56 Å². The van der Waals surface area contributed by atoms with Gasteiger partial charge in [-0.05, 0) is 36.8 Å². The molecule has 0 bridgehead atoms. The van der Waals surface area contributed by atoms with Gasteiger partial charge in [0.15, 0.2) is 0 Å². The highest BCUT2D eigenvalue weighted by Crippen LogP contribution is 2.19. The largest absolute Gasteiger partial charge is 0.409 e. The van der Waals surface area contributed by atoms with Crippen LogP contribution in [0.15, 0.2) is 45.6 Å². The van der Waals surface area contributed by atoms with Gasteiger partial charge in [-0.15, -0.1) is 5.10 Å². The zero-order chi connectivity index (χ0) is 14.1. The normalized spacial score (nSPS) is 10.7. The van der Waals surface area contributed by atoms with Gasteiger partial charge in [0.2, 0.25) is 0 Å². The number of nitrogens with one attached hydrogen (secondary N) is 2. The number of H-pyrrole nitrogens is 2. The molecule has 0 fully saturated rings. The van der Waals surface area contributed by atoms with Crippen LogP contribution in [-0.2, 0) is 0 Å². The number of rotatable bonds is 2. The predicted octanol–water partition coefficient (Wildman–Crippen LogP) is 3.06. The minimum atomic E-state index is -0.270. The molecule has 3 rings (SSSR count). The molecule has 5 nitrogen and oxygen atoms in total. The van der Waals surface area contributed by atoms with Gasteiger partial charge < -0.3 is 9.40 Å². The highest BCUT2D eigenvalue weighted by atomic mass is 32.1. The number of aromatic nitrogens is 3. The minimum absolute atomic E-state index is 0.141. The van der Waals surface area contributed by atoms with Crippen molar-refractivity contribution < 1.29 is 4.42 Å². The fourth-order valence-electron chi connectivity index (χ4n) is 1.89. The van der Waals surface area contributed by atoms with Crippen LogP contribution in [0, 0.1) is 11.8 Å². The fourth-order valence-corrected chi connectivity index (χ4v) is 2.01. The lowest BCUT2D eigenvalue weighted by atomic mass is 10.1. The standard InChI is InChI=1S/C14H11N3O2S/c1-8-2-4-9(5-3-8)11-7-6-10(12(18)15-11)13-16-17-14(20)19-13/h2-7H,1H3,(H,15,18)(H,17,20). The van der Waals surface area contributed by atoms with Crippen molar-refractivity contribution >= 4 is 12.2 Å². The third kappa shape index (κ3) is 2.33. The maximum Gasteiger partial charge on any atom is 0.284 e. The van der Waals surface area contributed by atoms with Crippen molar-refractivity contribution in [3.05, 3.63) is 57.2 Å². The lowest BCUT2D eigenvalue weighted by Gasteiger charge is -2.03.